The summed E-state index contributed by atoms with van der Waals surface area (Å²) >= 11 is 0. The van der Waals surface area contributed by atoms with Crippen molar-refractivity contribution in [1.29, 1.82) is 0 Å². The molecule has 0 aliphatic carbocycles. The van der Waals surface area contributed by atoms with Crippen molar-refractivity contribution in [3.05, 3.63) is 41.7 Å². The van der Waals surface area contributed by atoms with Gasteiger partial charge in [0.25, 0.3) is 10.0 Å². The number of rotatable bonds is 4. The third kappa shape index (κ3) is 2.36. The maximum atomic E-state index is 12.1. The molecular weight excluding hydrogens is 254 g/mol. The van der Waals surface area contributed by atoms with E-state index in [1.54, 1.807) is 31.2 Å². The van der Waals surface area contributed by atoms with E-state index >= 15 is 0 Å². The van der Waals surface area contributed by atoms with E-state index in [1.807, 2.05) is 0 Å². The van der Waals surface area contributed by atoms with Gasteiger partial charge in [-0.15, -0.1) is 0 Å². The molecule has 0 aliphatic rings. The van der Waals surface area contributed by atoms with E-state index in [-0.39, 0.29) is 11.5 Å². The standard InChI is InChI=1S/C11H13N3O3S/c1-8-11(6-12-13-8)18(16,17)14-10-5-3-2-4-9(10)7-15/h2-6,14-15H,7H2,1H3,(H,12,13). The van der Waals surface area contributed by atoms with E-state index in [0.717, 1.165) is 0 Å². The van der Waals surface area contributed by atoms with Gasteiger partial charge in [-0.05, 0) is 13.0 Å². The van der Waals surface area contributed by atoms with Crippen molar-refractivity contribution in [3.63, 3.8) is 0 Å². The van der Waals surface area contributed by atoms with Crippen molar-refractivity contribution >= 4 is 15.7 Å². The van der Waals surface area contributed by atoms with Crippen LogP contribution in [0.2, 0.25) is 0 Å². The monoisotopic (exact) mass is 267 g/mol. The van der Waals surface area contributed by atoms with Gasteiger partial charge in [-0.2, -0.15) is 5.10 Å². The maximum Gasteiger partial charge on any atom is 0.265 e. The molecule has 1 aromatic heterocycles. The van der Waals surface area contributed by atoms with E-state index in [0.29, 0.717) is 16.9 Å². The zero-order valence-corrected chi connectivity index (χ0v) is 10.5. The van der Waals surface area contributed by atoms with Gasteiger partial charge in [0.05, 0.1) is 24.2 Å². The Hall–Kier alpha value is -1.86. The second-order valence-corrected chi connectivity index (χ2v) is 5.43. The zero-order chi connectivity index (χ0) is 13.2. The highest BCUT2D eigenvalue weighted by molar-refractivity contribution is 7.92. The normalized spacial score (nSPS) is 11.4. The Morgan fingerprint density at radius 3 is 2.72 bits per heavy atom. The summed E-state index contributed by atoms with van der Waals surface area (Å²) in [6.07, 6.45) is 1.25. The number of aliphatic hydroxyl groups is 1. The van der Waals surface area contributed by atoms with Gasteiger partial charge in [-0.3, -0.25) is 9.82 Å². The summed E-state index contributed by atoms with van der Waals surface area (Å²) in [6.45, 7) is 1.39. The van der Waals surface area contributed by atoms with E-state index in [9.17, 15) is 8.42 Å². The molecule has 0 aliphatic heterocycles. The first-order valence-electron chi connectivity index (χ1n) is 5.26. The molecule has 18 heavy (non-hydrogen) atoms. The molecule has 0 saturated heterocycles. The van der Waals surface area contributed by atoms with Crippen LogP contribution in [0, 0.1) is 6.92 Å². The number of H-pyrrole nitrogens is 1. The highest BCUT2D eigenvalue weighted by Gasteiger charge is 2.19. The third-order valence-electron chi connectivity index (χ3n) is 2.51. The van der Waals surface area contributed by atoms with Crippen molar-refractivity contribution in [3.8, 4) is 0 Å². The maximum absolute atomic E-state index is 12.1. The molecule has 2 rings (SSSR count). The number of para-hydroxylation sites is 1. The number of nitrogens with one attached hydrogen (secondary N) is 2. The zero-order valence-electron chi connectivity index (χ0n) is 9.71. The predicted molar refractivity (Wildman–Crippen MR) is 66.5 cm³/mol. The second kappa shape index (κ2) is 4.79. The molecule has 1 aromatic carbocycles. The molecule has 1 heterocycles. The van der Waals surface area contributed by atoms with Crippen LogP contribution in [-0.2, 0) is 16.6 Å². The number of anilines is 1. The van der Waals surface area contributed by atoms with Gasteiger partial charge >= 0.3 is 0 Å². The van der Waals surface area contributed by atoms with Gasteiger partial charge in [0.15, 0.2) is 0 Å². The first-order chi connectivity index (χ1) is 8.54. The summed E-state index contributed by atoms with van der Waals surface area (Å²) in [4.78, 5) is 0.0928. The van der Waals surface area contributed by atoms with Gasteiger partial charge in [-0.25, -0.2) is 8.42 Å². The molecule has 96 valence electrons. The highest BCUT2D eigenvalue weighted by Crippen LogP contribution is 2.20. The summed E-state index contributed by atoms with van der Waals surface area (Å²) in [5.41, 5.74) is 1.34. The summed E-state index contributed by atoms with van der Waals surface area (Å²) in [5, 5.41) is 15.4. The Morgan fingerprint density at radius 1 is 1.39 bits per heavy atom. The Kier molecular flexibility index (Phi) is 3.35. The lowest BCUT2D eigenvalue weighted by atomic mass is 10.2. The van der Waals surface area contributed by atoms with E-state index in [2.05, 4.69) is 14.9 Å². The van der Waals surface area contributed by atoms with Gasteiger partial charge in [0, 0.05) is 5.56 Å². The fourth-order valence-electron chi connectivity index (χ4n) is 1.57. The molecule has 0 bridgehead atoms. The van der Waals surface area contributed by atoms with E-state index < -0.39 is 10.0 Å². The number of aliphatic hydroxyl groups excluding tert-OH is 1. The Morgan fingerprint density at radius 2 is 2.11 bits per heavy atom. The number of aromatic nitrogens is 2. The minimum Gasteiger partial charge on any atom is -0.392 e. The number of aromatic amines is 1. The third-order valence-corrected chi connectivity index (χ3v) is 3.98. The van der Waals surface area contributed by atoms with Crippen LogP contribution in [-0.4, -0.2) is 23.7 Å². The lowest BCUT2D eigenvalue weighted by Crippen LogP contribution is -2.14. The molecule has 0 radical (unpaired) electrons. The Labute approximate surface area is 105 Å². The average Bonchev–Trinajstić information content (AvgIpc) is 2.76. The van der Waals surface area contributed by atoms with Crippen LogP contribution in [0.25, 0.3) is 0 Å². The minimum atomic E-state index is -3.69. The molecule has 3 N–H and O–H groups in total. The van der Waals surface area contributed by atoms with Gasteiger partial charge in [-0.1, -0.05) is 18.2 Å². The SMILES string of the molecule is Cc1[nH]ncc1S(=O)(=O)Nc1ccccc1CO. The topological polar surface area (TPSA) is 95.1 Å². The van der Waals surface area contributed by atoms with Crippen LogP contribution in [0.4, 0.5) is 5.69 Å². The molecule has 0 atom stereocenters. The molecule has 0 amide bonds. The molecule has 0 spiro atoms. The molecule has 0 fully saturated rings. The number of aryl methyl sites for hydroxylation is 1. The lowest BCUT2D eigenvalue weighted by molar-refractivity contribution is 0.282. The van der Waals surface area contributed by atoms with Crippen molar-refractivity contribution in [2.45, 2.75) is 18.4 Å². The molecule has 6 nitrogen and oxygen atoms in total. The van der Waals surface area contributed by atoms with Crippen molar-refractivity contribution in [2.75, 3.05) is 4.72 Å². The first kappa shape index (κ1) is 12.6. The van der Waals surface area contributed by atoms with Crippen LogP contribution in [0.3, 0.4) is 0 Å². The molecule has 7 heteroatoms. The van der Waals surface area contributed by atoms with Crippen molar-refractivity contribution < 1.29 is 13.5 Å². The number of nitrogens with zero attached hydrogens (tertiary/aromatic N) is 1. The van der Waals surface area contributed by atoms with Gasteiger partial charge in [0.2, 0.25) is 0 Å². The number of sulfonamides is 1. The lowest BCUT2D eigenvalue weighted by Gasteiger charge is -2.10. The largest absolute Gasteiger partial charge is 0.392 e. The van der Waals surface area contributed by atoms with Crippen LogP contribution < -0.4 is 4.72 Å². The summed E-state index contributed by atoms with van der Waals surface area (Å²) in [5.74, 6) is 0. The number of hydrogen-bond donors (Lipinski definition) is 3. The average molecular weight is 267 g/mol. The van der Waals surface area contributed by atoms with Gasteiger partial charge < -0.3 is 5.11 Å². The smallest absolute Gasteiger partial charge is 0.265 e. The number of hydrogen-bond acceptors (Lipinski definition) is 4. The summed E-state index contributed by atoms with van der Waals surface area (Å²) < 4.78 is 26.6. The molecule has 0 unspecified atom stereocenters. The quantitative estimate of drug-likeness (QED) is 0.770. The van der Waals surface area contributed by atoms with Crippen LogP contribution >= 0.6 is 0 Å². The van der Waals surface area contributed by atoms with Crippen LogP contribution in [0.1, 0.15) is 11.3 Å². The number of benzene rings is 1. The van der Waals surface area contributed by atoms with Crippen molar-refractivity contribution in [1.82, 2.24) is 10.2 Å². The predicted octanol–water partition coefficient (Wildman–Crippen LogP) is 1.01. The molecule has 2 aromatic rings. The summed E-state index contributed by atoms with van der Waals surface area (Å²) in [7, 11) is -3.69. The van der Waals surface area contributed by atoms with Crippen molar-refractivity contribution in [2.24, 2.45) is 0 Å². The Bertz CT molecular complexity index is 649. The fraction of sp³-hybridized carbons (Fsp3) is 0.182. The Balaban J connectivity index is 2.37. The highest BCUT2D eigenvalue weighted by atomic mass is 32.2. The molecule has 0 saturated carbocycles. The fourth-order valence-corrected chi connectivity index (χ4v) is 2.81. The van der Waals surface area contributed by atoms with Crippen LogP contribution in [0.15, 0.2) is 35.4 Å². The van der Waals surface area contributed by atoms with Gasteiger partial charge in [0.1, 0.15) is 4.90 Å². The van der Waals surface area contributed by atoms with E-state index in [4.69, 9.17) is 5.11 Å². The molecular formula is C11H13N3O3S. The summed E-state index contributed by atoms with van der Waals surface area (Å²) in [6, 6.07) is 6.67. The van der Waals surface area contributed by atoms with E-state index in [1.165, 1.54) is 6.20 Å². The first-order valence-corrected chi connectivity index (χ1v) is 6.74. The second-order valence-electron chi connectivity index (χ2n) is 3.78. The van der Waals surface area contributed by atoms with Crippen LogP contribution in [0.5, 0.6) is 0 Å². The minimum absolute atomic E-state index is 0.0928.